The lowest BCUT2D eigenvalue weighted by Crippen LogP contribution is -2.19. The minimum Gasteiger partial charge on any atom is -0.435 e. The maximum absolute atomic E-state index is 13.0. The van der Waals surface area contributed by atoms with Crippen molar-refractivity contribution in [1.82, 2.24) is 19.5 Å². The van der Waals surface area contributed by atoms with E-state index in [9.17, 15) is 13.6 Å². The van der Waals surface area contributed by atoms with Crippen LogP contribution in [0.25, 0.3) is 26.1 Å². The lowest BCUT2D eigenvalue weighted by molar-refractivity contribution is -0.0498. The molecule has 0 radical (unpaired) electrons. The van der Waals surface area contributed by atoms with E-state index in [1.54, 1.807) is 0 Å². The average molecular weight is 403 g/mol. The molecular weight excluding hydrogens is 388 g/mol. The first-order valence-corrected chi connectivity index (χ1v) is 9.22. The van der Waals surface area contributed by atoms with E-state index in [4.69, 9.17) is 0 Å². The van der Waals surface area contributed by atoms with Crippen LogP contribution in [-0.2, 0) is 0 Å². The van der Waals surface area contributed by atoms with Gasteiger partial charge in [-0.1, -0.05) is 0 Å². The number of aromatic nitrogens is 4. The van der Waals surface area contributed by atoms with Crippen LogP contribution < -0.4 is 15.2 Å². The molecule has 0 atom stereocenters. The Labute approximate surface area is 161 Å². The summed E-state index contributed by atoms with van der Waals surface area (Å²) in [4.78, 5) is 28.8. The highest BCUT2D eigenvalue weighted by atomic mass is 32.1. The summed E-state index contributed by atoms with van der Waals surface area (Å²) in [6.45, 7) is -0.153. The molecule has 0 saturated carbocycles. The number of ether oxygens (including phenoxy) is 1. The van der Waals surface area contributed by atoms with E-state index in [0.29, 0.717) is 20.7 Å². The third-order valence-corrected chi connectivity index (χ3v) is 5.41. The second kappa shape index (κ2) is 7.12. The van der Waals surface area contributed by atoms with Gasteiger partial charge in [0, 0.05) is 13.6 Å². The molecule has 7 nitrogen and oxygen atoms in total. The van der Waals surface area contributed by atoms with E-state index < -0.39 is 6.61 Å². The fourth-order valence-corrected chi connectivity index (χ4v) is 3.88. The van der Waals surface area contributed by atoms with Crippen LogP contribution >= 0.6 is 11.3 Å². The normalized spacial score (nSPS) is 11.5. The summed E-state index contributed by atoms with van der Waals surface area (Å²) in [6.07, 6.45) is 2.89. The van der Waals surface area contributed by atoms with Crippen molar-refractivity contribution in [2.45, 2.75) is 13.5 Å². The first-order chi connectivity index (χ1) is 13.5. The molecule has 3 aromatic heterocycles. The molecule has 0 amide bonds. The third-order valence-electron chi connectivity index (χ3n) is 4.33. The predicted molar refractivity (Wildman–Crippen MR) is 104 cm³/mol. The fourth-order valence-electron chi connectivity index (χ4n) is 2.86. The lowest BCUT2D eigenvalue weighted by Gasteiger charge is -2.15. The monoisotopic (exact) mass is 403 g/mol. The van der Waals surface area contributed by atoms with Crippen molar-refractivity contribution in [1.29, 1.82) is 0 Å². The minimum atomic E-state index is -2.90. The first kappa shape index (κ1) is 18.2. The Kier molecular flexibility index (Phi) is 4.63. The molecule has 10 heteroatoms. The summed E-state index contributed by atoms with van der Waals surface area (Å²) in [5.41, 5.74) is 0.783. The SMILES string of the molecule is CCN(C)c1ncnc2sc3c(=O)n(-c4ccc(OC(F)F)cc4)cnc3c12. The number of rotatable bonds is 5. The molecule has 0 spiro atoms. The molecule has 3 heterocycles. The number of alkyl halides is 2. The van der Waals surface area contributed by atoms with E-state index in [1.807, 2.05) is 18.9 Å². The Morgan fingerprint density at radius 3 is 2.64 bits per heavy atom. The molecular formula is C18H15F2N5O2S. The van der Waals surface area contributed by atoms with Gasteiger partial charge >= 0.3 is 6.61 Å². The Hall–Kier alpha value is -3.14. The number of hydrogen-bond donors (Lipinski definition) is 0. The van der Waals surface area contributed by atoms with Gasteiger partial charge in [0.25, 0.3) is 5.56 Å². The standard InChI is InChI=1S/C18H15F2N5O2S/c1-3-24(2)15-12-13-14(28-16(12)22-8-21-15)17(26)25(9-23-13)10-4-6-11(7-5-10)27-18(19)20/h4-9,18H,3H2,1-2H3. The maximum atomic E-state index is 13.0. The van der Waals surface area contributed by atoms with Gasteiger partial charge in [-0.05, 0) is 31.2 Å². The summed E-state index contributed by atoms with van der Waals surface area (Å²) < 4.78 is 30.8. The smallest absolute Gasteiger partial charge is 0.387 e. The summed E-state index contributed by atoms with van der Waals surface area (Å²) in [6, 6.07) is 5.80. The molecule has 0 saturated heterocycles. The topological polar surface area (TPSA) is 73.1 Å². The first-order valence-electron chi connectivity index (χ1n) is 8.40. The molecule has 0 aliphatic heterocycles. The molecule has 0 aliphatic carbocycles. The zero-order valence-corrected chi connectivity index (χ0v) is 15.8. The zero-order chi connectivity index (χ0) is 19.8. The van der Waals surface area contributed by atoms with Gasteiger partial charge in [-0.15, -0.1) is 11.3 Å². The molecule has 144 valence electrons. The molecule has 0 aliphatic rings. The van der Waals surface area contributed by atoms with Crippen molar-refractivity contribution >= 4 is 37.6 Å². The van der Waals surface area contributed by atoms with Gasteiger partial charge in [-0.25, -0.2) is 15.0 Å². The molecule has 28 heavy (non-hydrogen) atoms. The summed E-state index contributed by atoms with van der Waals surface area (Å²) in [5.74, 6) is 0.738. The Bertz CT molecular complexity index is 1210. The molecule has 4 rings (SSSR count). The molecule has 1 aromatic carbocycles. The second-order valence-electron chi connectivity index (χ2n) is 5.96. The largest absolute Gasteiger partial charge is 0.435 e. The number of nitrogens with zero attached hydrogens (tertiary/aromatic N) is 5. The van der Waals surface area contributed by atoms with Crippen molar-refractivity contribution in [3.63, 3.8) is 0 Å². The van der Waals surface area contributed by atoms with E-state index >= 15 is 0 Å². The third kappa shape index (κ3) is 3.05. The predicted octanol–water partition coefficient (Wildman–Crippen LogP) is 3.45. The van der Waals surface area contributed by atoms with E-state index in [0.717, 1.165) is 17.7 Å². The molecule has 4 aromatic rings. The van der Waals surface area contributed by atoms with Crippen LogP contribution in [0.3, 0.4) is 0 Å². The van der Waals surface area contributed by atoms with Gasteiger partial charge in [0.1, 0.15) is 39.3 Å². The van der Waals surface area contributed by atoms with Crippen LogP contribution in [0.15, 0.2) is 41.7 Å². The van der Waals surface area contributed by atoms with Gasteiger partial charge < -0.3 is 9.64 Å². The van der Waals surface area contributed by atoms with Crippen molar-refractivity contribution < 1.29 is 13.5 Å². The van der Waals surface area contributed by atoms with Crippen molar-refractivity contribution in [3.05, 3.63) is 47.3 Å². The number of benzene rings is 1. The van der Waals surface area contributed by atoms with Crippen molar-refractivity contribution in [2.24, 2.45) is 0 Å². The van der Waals surface area contributed by atoms with Crippen LogP contribution in [0.5, 0.6) is 5.75 Å². The molecule has 0 N–H and O–H groups in total. The maximum Gasteiger partial charge on any atom is 0.387 e. The quantitative estimate of drug-likeness (QED) is 0.508. The zero-order valence-electron chi connectivity index (χ0n) is 15.0. The van der Waals surface area contributed by atoms with Crippen LogP contribution in [0.4, 0.5) is 14.6 Å². The summed E-state index contributed by atoms with van der Waals surface area (Å²) >= 11 is 1.25. The van der Waals surface area contributed by atoms with Gasteiger partial charge in [0.2, 0.25) is 0 Å². The highest BCUT2D eigenvalue weighted by Gasteiger charge is 2.18. The highest BCUT2D eigenvalue weighted by Crippen LogP contribution is 2.34. The Morgan fingerprint density at radius 2 is 1.96 bits per heavy atom. The van der Waals surface area contributed by atoms with E-state index in [2.05, 4.69) is 19.7 Å². The Morgan fingerprint density at radius 1 is 1.21 bits per heavy atom. The van der Waals surface area contributed by atoms with E-state index in [1.165, 1.54) is 52.8 Å². The number of fused-ring (bicyclic) bond motifs is 3. The van der Waals surface area contributed by atoms with Gasteiger partial charge in [-0.2, -0.15) is 8.78 Å². The fraction of sp³-hybridized carbons (Fsp3) is 0.222. The second-order valence-corrected chi connectivity index (χ2v) is 6.96. The van der Waals surface area contributed by atoms with Crippen LogP contribution in [0.1, 0.15) is 6.92 Å². The van der Waals surface area contributed by atoms with Crippen molar-refractivity contribution in [2.75, 3.05) is 18.5 Å². The number of hydrogen-bond acceptors (Lipinski definition) is 7. The molecule has 0 bridgehead atoms. The van der Waals surface area contributed by atoms with Crippen LogP contribution in [0.2, 0.25) is 0 Å². The Balaban J connectivity index is 1.86. The lowest BCUT2D eigenvalue weighted by atomic mass is 10.3. The van der Waals surface area contributed by atoms with Gasteiger partial charge in [0.15, 0.2) is 0 Å². The average Bonchev–Trinajstić information content (AvgIpc) is 3.08. The highest BCUT2D eigenvalue weighted by molar-refractivity contribution is 7.25. The minimum absolute atomic E-state index is 0.0187. The molecule has 0 unspecified atom stereocenters. The van der Waals surface area contributed by atoms with E-state index in [-0.39, 0.29) is 11.3 Å². The number of halogens is 2. The van der Waals surface area contributed by atoms with Gasteiger partial charge in [-0.3, -0.25) is 9.36 Å². The summed E-state index contributed by atoms with van der Waals surface area (Å²) in [5, 5.41) is 0.747. The number of thiophene rings is 1. The van der Waals surface area contributed by atoms with Gasteiger partial charge in [0.05, 0.1) is 11.1 Å². The summed E-state index contributed by atoms with van der Waals surface area (Å²) in [7, 11) is 1.91. The van der Waals surface area contributed by atoms with Crippen LogP contribution in [0, 0.1) is 0 Å². The van der Waals surface area contributed by atoms with Crippen LogP contribution in [-0.4, -0.2) is 39.7 Å². The molecule has 0 fully saturated rings. The van der Waals surface area contributed by atoms with Crippen molar-refractivity contribution in [3.8, 4) is 11.4 Å². The number of anilines is 1.